The summed E-state index contributed by atoms with van der Waals surface area (Å²) in [5.74, 6) is 1.27. The van der Waals surface area contributed by atoms with Gasteiger partial charge >= 0.3 is 0 Å². The molecule has 0 amide bonds. The Balaban J connectivity index is 1.44. The maximum atomic E-state index is 9.89. The number of nitrogens with zero attached hydrogens (tertiary/aromatic N) is 6. The first-order valence-electron chi connectivity index (χ1n) is 10.6. The van der Waals surface area contributed by atoms with Crippen LogP contribution in [0.4, 0.5) is 5.82 Å². The maximum absolute atomic E-state index is 9.89. The van der Waals surface area contributed by atoms with Gasteiger partial charge in [0.2, 0.25) is 0 Å². The second kappa shape index (κ2) is 9.52. The zero-order chi connectivity index (χ0) is 23.3. The zero-order valence-corrected chi connectivity index (χ0v) is 19.0. The van der Waals surface area contributed by atoms with Crippen LogP contribution < -0.4 is 10.2 Å². The number of aromatic nitrogens is 4. The number of hydrogen-bond acceptors (Lipinski definition) is 8. The molecular weight excluding hydrogens is 446 g/mol. The van der Waals surface area contributed by atoms with E-state index in [1.807, 2.05) is 66.2 Å². The molecule has 3 heterocycles. The van der Waals surface area contributed by atoms with Crippen molar-refractivity contribution in [3.63, 3.8) is 0 Å². The number of rotatable bonds is 7. The smallest absolute Gasteiger partial charge is 0.167 e. The van der Waals surface area contributed by atoms with Gasteiger partial charge in [0.25, 0.3) is 0 Å². The molecule has 0 aliphatic carbocycles. The van der Waals surface area contributed by atoms with E-state index >= 15 is 0 Å². The second-order valence-corrected chi connectivity index (χ2v) is 8.20. The third-order valence-electron chi connectivity index (χ3n) is 5.09. The monoisotopic (exact) mass is 465 g/mol. The lowest BCUT2D eigenvalue weighted by molar-refractivity contribution is 0.341. The van der Waals surface area contributed by atoms with Crippen molar-refractivity contribution >= 4 is 33.6 Å². The summed E-state index contributed by atoms with van der Waals surface area (Å²) in [5.41, 5.74) is 6.89. The average molecular weight is 466 g/mol. The van der Waals surface area contributed by atoms with E-state index in [4.69, 9.17) is 4.74 Å². The molecule has 0 saturated carbocycles. The third kappa shape index (κ3) is 4.10. The van der Waals surface area contributed by atoms with Crippen molar-refractivity contribution in [3.8, 4) is 27.9 Å². The highest BCUT2D eigenvalue weighted by Gasteiger charge is 2.20. The number of imidazole rings is 1. The molecule has 3 aromatic heterocycles. The molecule has 0 unspecified atom stereocenters. The summed E-state index contributed by atoms with van der Waals surface area (Å²) < 4.78 is 8.47. The highest BCUT2D eigenvalue weighted by Crippen LogP contribution is 2.43. The quantitative estimate of drug-likeness (QED) is 0.260. The van der Waals surface area contributed by atoms with Gasteiger partial charge < -0.3 is 9.30 Å². The molecule has 8 nitrogen and oxygen atoms in total. The summed E-state index contributed by atoms with van der Waals surface area (Å²) in [7, 11) is 0. The van der Waals surface area contributed by atoms with Gasteiger partial charge in [-0.15, -0.1) is 11.3 Å². The van der Waals surface area contributed by atoms with Crippen LogP contribution in [0.2, 0.25) is 0 Å². The van der Waals surface area contributed by atoms with Gasteiger partial charge in [-0.3, -0.25) is 5.43 Å². The number of anilines is 1. The first-order valence-corrected chi connectivity index (χ1v) is 11.4. The van der Waals surface area contributed by atoms with Crippen LogP contribution in [0.5, 0.6) is 5.75 Å². The van der Waals surface area contributed by atoms with Crippen molar-refractivity contribution in [2.24, 2.45) is 5.10 Å². The Bertz CT molecular complexity index is 1500. The lowest BCUT2D eigenvalue weighted by atomic mass is 10.1. The number of benzene rings is 2. The first-order chi connectivity index (χ1) is 16.8. The standard InChI is InChI=1S/C25H19N7OS/c1-2-33-21-6-4-3-5-19(21)23-20(13-26)22-24(34-23)25(29-15-28-22)31-30-14-17-7-9-18(10-8-17)32-12-11-27-16-32/h3-12,14-16H,2H2,1H3,(H,28,29,31). The summed E-state index contributed by atoms with van der Waals surface area (Å²) in [4.78, 5) is 13.6. The molecule has 2 aromatic carbocycles. The Kier molecular flexibility index (Phi) is 5.97. The Hall–Kier alpha value is -4.55. The number of hydrogen-bond donors (Lipinski definition) is 1. The van der Waals surface area contributed by atoms with Gasteiger partial charge in [-0.1, -0.05) is 24.3 Å². The molecule has 0 fully saturated rings. The van der Waals surface area contributed by atoms with Crippen LogP contribution in [-0.2, 0) is 0 Å². The van der Waals surface area contributed by atoms with Crippen LogP contribution in [0.3, 0.4) is 0 Å². The lowest BCUT2D eigenvalue weighted by Crippen LogP contribution is -1.95. The van der Waals surface area contributed by atoms with Gasteiger partial charge in [0.1, 0.15) is 23.7 Å². The zero-order valence-electron chi connectivity index (χ0n) is 18.2. The van der Waals surface area contributed by atoms with Gasteiger partial charge in [0.15, 0.2) is 5.82 Å². The summed E-state index contributed by atoms with van der Waals surface area (Å²) in [6.45, 7) is 2.47. The second-order valence-electron chi connectivity index (χ2n) is 7.18. The van der Waals surface area contributed by atoms with Crippen molar-refractivity contribution in [1.29, 1.82) is 5.26 Å². The molecule has 5 aromatic rings. The summed E-state index contributed by atoms with van der Waals surface area (Å²) in [5, 5.41) is 14.2. The van der Waals surface area contributed by atoms with Crippen LogP contribution in [0.1, 0.15) is 18.1 Å². The Morgan fingerprint density at radius 2 is 2.03 bits per heavy atom. The van der Waals surface area contributed by atoms with E-state index < -0.39 is 0 Å². The molecule has 1 N–H and O–H groups in total. The molecule has 0 aliphatic heterocycles. The number of para-hydroxylation sites is 1. The van der Waals surface area contributed by atoms with Crippen molar-refractivity contribution in [2.75, 3.05) is 12.0 Å². The van der Waals surface area contributed by atoms with Crippen LogP contribution in [0.25, 0.3) is 26.3 Å². The van der Waals surface area contributed by atoms with Gasteiger partial charge in [-0.25, -0.2) is 15.0 Å². The van der Waals surface area contributed by atoms with Gasteiger partial charge in [-0.05, 0) is 36.8 Å². The van der Waals surface area contributed by atoms with Crippen molar-refractivity contribution in [1.82, 2.24) is 19.5 Å². The Morgan fingerprint density at radius 3 is 2.79 bits per heavy atom. The minimum atomic E-state index is 0.497. The van der Waals surface area contributed by atoms with E-state index in [-0.39, 0.29) is 0 Å². The number of nitrogens with one attached hydrogen (secondary N) is 1. The fourth-order valence-electron chi connectivity index (χ4n) is 3.53. The van der Waals surface area contributed by atoms with Crippen molar-refractivity contribution in [2.45, 2.75) is 6.92 Å². The number of nitriles is 1. The van der Waals surface area contributed by atoms with E-state index in [0.717, 1.165) is 32.1 Å². The molecular formula is C25H19N7OS. The van der Waals surface area contributed by atoms with Crippen molar-refractivity contribution < 1.29 is 4.74 Å². The maximum Gasteiger partial charge on any atom is 0.167 e. The summed E-state index contributed by atoms with van der Waals surface area (Å²) in [6, 6.07) is 17.9. The van der Waals surface area contributed by atoms with E-state index in [2.05, 4.69) is 31.5 Å². The van der Waals surface area contributed by atoms with E-state index in [1.54, 1.807) is 18.7 Å². The number of hydrazone groups is 1. The largest absolute Gasteiger partial charge is 0.493 e. The Labute approximate surface area is 199 Å². The van der Waals surface area contributed by atoms with Gasteiger partial charge in [0.05, 0.1) is 34.3 Å². The number of thiophene rings is 1. The summed E-state index contributed by atoms with van der Waals surface area (Å²) >= 11 is 1.44. The highest BCUT2D eigenvalue weighted by atomic mass is 32.1. The fraction of sp³-hybridized carbons (Fsp3) is 0.0800. The molecule has 34 heavy (non-hydrogen) atoms. The SMILES string of the molecule is CCOc1ccccc1-c1sc2c(NN=Cc3ccc(-n4ccnc4)cc3)ncnc2c1C#N. The number of fused-ring (bicyclic) bond motifs is 1. The normalized spacial score (nSPS) is 11.1. The molecule has 0 radical (unpaired) electrons. The molecule has 5 rings (SSSR count). The van der Waals surface area contributed by atoms with E-state index in [9.17, 15) is 5.26 Å². The number of ether oxygens (including phenoxy) is 1. The average Bonchev–Trinajstić information content (AvgIpc) is 3.54. The first kappa shape index (κ1) is 21.3. The predicted molar refractivity (Wildman–Crippen MR) is 134 cm³/mol. The molecule has 0 spiro atoms. The Morgan fingerprint density at radius 1 is 1.18 bits per heavy atom. The summed E-state index contributed by atoms with van der Waals surface area (Å²) in [6.07, 6.45) is 8.54. The lowest BCUT2D eigenvalue weighted by Gasteiger charge is -2.08. The molecule has 0 atom stereocenters. The molecule has 0 aliphatic rings. The van der Waals surface area contributed by atoms with Gasteiger partial charge in [-0.2, -0.15) is 10.4 Å². The topological polar surface area (TPSA) is 101 Å². The molecule has 0 bridgehead atoms. The van der Waals surface area contributed by atoms with E-state index in [0.29, 0.717) is 23.5 Å². The molecule has 0 saturated heterocycles. The molecule has 9 heteroatoms. The third-order valence-corrected chi connectivity index (χ3v) is 6.31. The fourth-order valence-corrected chi connectivity index (χ4v) is 4.70. The van der Waals surface area contributed by atoms with Gasteiger partial charge in [0, 0.05) is 23.6 Å². The molecule has 166 valence electrons. The van der Waals surface area contributed by atoms with Crippen molar-refractivity contribution in [3.05, 3.63) is 84.7 Å². The van der Waals surface area contributed by atoms with Crippen LogP contribution in [0.15, 0.2) is 78.7 Å². The highest BCUT2D eigenvalue weighted by molar-refractivity contribution is 7.23. The van der Waals surface area contributed by atoms with Crippen LogP contribution in [0, 0.1) is 11.3 Å². The minimum Gasteiger partial charge on any atom is -0.493 e. The minimum absolute atomic E-state index is 0.497. The van der Waals surface area contributed by atoms with Crippen LogP contribution >= 0.6 is 11.3 Å². The van der Waals surface area contributed by atoms with Crippen LogP contribution in [-0.4, -0.2) is 32.3 Å². The van der Waals surface area contributed by atoms with E-state index in [1.165, 1.54) is 17.7 Å². The predicted octanol–water partition coefficient (Wildman–Crippen LogP) is 5.26.